The van der Waals surface area contributed by atoms with Gasteiger partial charge >= 0.3 is 0 Å². The van der Waals surface area contributed by atoms with Gasteiger partial charge in [-0.2, -0.15) is 0 Å². The lowest BCUT2D eigenvalue weighted by Crippen LogP contribution is -1.66. The molecule has 0 spiro atoms. The molecule has 0 aromatic carbocycles. The zero-order valence-electron chi connectivity index (χ0n) is 9.68. The second-order valence-corrected chi connectivity index (χ2v) is 2.83. The Morgan fingerprint density at radius 3 is 2.20 bits per heavy atom. The lowest BCUT2D eigenvalue weighted by molar-refractivity contribution is -0.108. The van der Waals surface area contributed by atoms with Crippen LogP contribution in [0.1, 0.15) is 26.7 Å². The fraction of sp³-hybridized carbons (Fsp3) is 0.545. The first kappa shape index (κ1) is 16.2. The Kier molecular flexibility index (Phi) is 13.7. The highest BCUT2D eigenvalue weighted by Gasteiger charge is 2.18. The van der Waals surface area contributed by atoms with Gasteiger partial charge in [-0.25, -0.2) is 4.99 Å². The predicted octanol–water partition coefficient (Wildman–Crippen LogP) is 1.84. The highest BCUT2D eigenvalue weighted by molar-refractivity contribution is 5.63. The molecule has 1 N–H and O–H groups in total. The summed E-state index contributed by atoms with van der Waals surface area (Å²) in [5, 5.41) is 7.00. The summed E-state index contributed by atoms with van der Waals surface area (Å²) in [5.41, 5.74) is 0.956. The van der Waals surface area contributed by atoms with Crippen LogP contribution in [0.5, 0.6) is 0 Å². The number of carbonyl (C=O) groups is 1. The van der Waals surface area contributed by atoms with Crippen molar-refractivity contribution in [3.63, 3.8) is 0 Å². The molecule has 0 aromatic heterocycles. The lowest BCUT2D eigenvalue weighted by Gasteiger charge is -1.82. The largest absolute Gasteiger partial charge is 0.400 e. The summed E-state index contributed by atoms with van der Waals surface area (Å²) in [5.74, 6) is 0.454. The molecular formula is C11H20N2O2. The van der Waals surface area contributed by atoms with Crippen molar-refractivity contribution in [3.8, 4) is 0 Å². The Morgan fingerprint density at radius 1 is 1.47 bits per heavy atom. The average molecular weight is 212 g/mol. The maximum atomic E-state index is 9.57. The first-order valence-electron chi connectivity index (χ1n) is 4.76. The zero-order valence-corrected chi connectivity index (χ0v) is 9.68. The molecule has 0 unspecified atom stereocenters. The second kappa shape index (κ2) is 12.7. The third kappa shape index (κ3) is 15.5. The number of rotatable bonds is 3. The fourth-order valence-electron chi connectivity index (χ4n) is 0.439. The van der Waals surface area contributed by atoms with E-state index in [1.807, 2.05) is 19.9 Å². The number of aldehydes is 1. The maximum Gasteiger partial charge on any atom is 0.123 e. The molecule has 0 radical (unpaired) electrons. The van der Waals surface area contributed by atoms with E-state index in [1.165, 1.54) is 6.34 Å². The van der Waals surface area contributed by atoms with Crippen LogP contribution in [0.3, 0.4) is 0 Å². The van der Waals surface area contributed by atoms with Gasteiger partial charge in [0.15, 0.2) is 0 Å². The lowest BCUT2D eigenvalue weighted by atomic mass is 10.5. The number of carbonyl (C=O) groups excluding carboxylic acids is 1. The third-order valence-electron chi connectivity index (χ3n) is 1.58. The molecule has 0 aromatic rings. The van der Waals surface area contributed by atoms with Crippen LogP contribution in [0.4, 0.5) is 0 Å². The minimum absolute atomic E-state index is 0.454. The van der Waals surface area contributed by atoms with Crippen molar-refractivity contribution < 1.29 is 9.90 Å². The van der Waals surface area contributed by atoms with Gasteiger partial charge in [0.05, 0.1) is 0 Å². The van der Waals surface area contributed by atoms with Crippen LogP contribution < -0.4 is 0 Å². The average Bonchev–Trinajstić information content (AvgIpc) is 3.13. The Labute approximate surface area is 91.5 Å². The summed E-state index contributed by atoms with van der Waals surface area (Å²) in [7, 11) is 1.00. The van der Waals surface area contributed by atoms with Crippen LogP contribution in [-0.4, -0.2) is 31.6 Å². The van der Waals surface area contributed by atoms with Crippen LogP contribution in [-0.2, 0) is 4.79 Å². The van der Waals surface area contributed by atoms with Gasteiger partial charge in [0, 0.05) is 18.7 Å². The number of hydrogen-bond donors (Lipinski definition) is 1. The molecule has 1 fully saturated rings. The van der Waals surface area contributed by atoms with Crippen molar-refractivity contribution in [1.82, 2.24) is 0 Å². The summed E-state index contributed by atoms with van der Waals surface area (Å²) >= 11 is 0. The van der Waals surface area contributed by atoms with E-state index >= 15 is 0 Å². The van der Waals surface area contributed by atoms with Crippen LogP contribution in [0.2, 0.25) is 0 Å². The third-order valence-corrected chi connectivity index (χ3v) is 1.58. The summed E-state index contributed by atoms with van der Waals surface area (Å²) in [6, 6.07) is 0. The SMILES string of the molecule is C=NC=N/C(C)=C\C.CO.O=CC1CC1. The van der Waals surface area contributed by atoms with Crippen molar-refractivity contribution in [3.05, 3.63) is 11.8 Å². The van der Waals surface area contributed by atoms with Gasteiger partial charge < -0.3 is 9.90 Å². The molecule has 0 heterocycles. The molecule has 0 bridgehead atoms. The van der Waals surface area contributed by atoms with E-state index in [4.69, 9.17) is 5.11 Å². The van der Waals surface area contributed by atoms with E-state index in [0.717, 1.165) is 31.9 Å². The number of allylic oxidation sites excluding steroid dienone is 2. The molecule has 4 heteroatoms. The number of aliphatic hydroxyl groups is 1. The fourth-order valence-corrected chi connectivity index (χ4v) is 0.439. The molecule has 1 saturated carbocycles. The van der Waals surface area contributed by atoms with Gasteiger partial charge in [0.25, 0.3) is 0 Å². The van der Waals surface area contributed by atoms with Gasteiger partial charge in [0.1, 0.15) is 12.6 Å². The maximum absolute atomic E-state index is 9.57. The van der Waals surface area contributed by atoms with E-state index in [9.17, 15) is 4.79 Å². The first-order valence-corrected chi connectivity index (χ1v) is 4.76. The topological polar surface area (TPSA) is 62.0 Å². The summed E-state index contributed by atoms with van der Waals surface area (Å²) < 4.78 is 0. The van der Waals surface area contributed by atoms with E-state index in [1.54, 1.807) is 0 Å². The van der Waals surface area contributed by atoms with Crippen LogP contribution in [0.25, 0.3) is 0 Å². The van der Waals surface area contributed by atoms with Gasteiger partial charge in [0.2, 0.25) is 0 Å². The van der Waals surface area contributed by atoms with Crippen molar-refractivity contribution >= 4 is 19.3 Å². The molecule has 0 aliphatic heterocycles. The Morgan fingerprint density at radius 2 is 2.00 bits per heavy atom. The number of nitrogens with zero attached hydrogens (tertiary/aromatic N) is 2. The molecule has 1 rings (SSSR count). The summed E-state index contributed by atoms with van der Waals surface area (Å²) in [6.45, 7) is 7.07. The predicted molar refractivity (Wildman–Crippen MR) is 64.4 cm³/mol. The van der Waals surface area contributed by atoms with E-state index in [2.05, 4.69) is 16.7 Å². The standard InChI is InChI=1S/C6H10N2.C4H6O.CH4O/c1-4-6(2)8-5-7-3;5-3-4-1-2-4;1-2/h4-5H,3H2,1-2H3;3-4H,1-2H2;2H,1H3/b6-4-,8-5?;;. The number of hydrogen-bond acceptors (Lipinski definition) is 3. The molecule has 1 aliphatic rings. The molecule has 0 saturated heterocycles. The summed E-state index contributed by atoms with van der Waals surface area (Å²) in [6.07, 6.45) is 6.64. The van der Waals surface area contributed by atoms with E-state index in [0.29, 0.717) is 5.92 Å². The minimum Gasteiger partial charge on any atom is -0.400 e. The normalized spacial score (nSPS) is 14.5. The second-order valence-electron chi connectivity index (χ2n) is 2.83. The van der Waals surface area contributed by atoms with Crippen LogP contribution >= 0.6 is 0 Å². The van der Waals surface area contributed by atoms with Gasteiger partial charge in [-0.05, 0) is 33.4 Å². The molecule has 0 amide bonds. The summed E-state index contributed by atoms with van der Waals surface area (Å²) in [4.78, 5) is 16.9. The number of aliphatic hydroxyl groups excluding tert-OH is 1. The Hall–Kier alpha value is -1.29. The van der Waals surface area contributed by atoms with Gasteiger partial charge in [-0.15, -0.1) is 0 Å². The van der Waals surface area contributed by atoms with E-state index < -0.39 is 0 Å². The van der Waals surface area contributed by atoms with Crippen LogP contribution in [0, 0.1) is 5.92 Å². The monoisotopic (exact) mass is 212 g/mol. The highest BCUT2D eigenvalue weighted by Crippen LogP contribution is 2.25. The van der Waals surface area contributed by atoms with E-state index in [-0.39, 0.29) is 0 Å². The van der Waals surface area contributed by atoms with Crippen molar-refractivity contribution in [2.45, 2.75) is 26.7 Å². The van der Waals surface area contributed by atoms with Gasteiger partial charge in [-0.3, -0.25) is 4.99 Å². The van der Waals surface area contributed by atoms with Crippen molar-refractivity contribution in [2.24, 2.45) is 15.9 Å². The van der Waals surface area contributed by atoms with Gasteiger partial charge in [-0.1, -0.05) is 6.08 Å². The Bertz CT molecular complexity index is 219. The molecule has 15 heavy (non-hydrogen) atoms. The quantitative estimate of drug-likeness (QED) is 0.441. The molecule has 86 valence electrons. The molecule has 1 aliphatic carbocycles. The minimum atomic E-state index is 0.454. The Balaban J connectivity index is 0. The first-order chi connectivity index (χ1) is 7.24. The molecular weight excluding hydrogens is 192 g/mol. The highest BCUT2D eigenvalue weighted by atomic mass is 16.2. The van der Waals surface area contributed by atoms with Crippen LogP contribution in [0.15, 0.2) is 21.8 Å². The number of aliphatic imine (C=N–C) groups is 2. The smallest absolute Gasteiger partial charge is 0.123 e. The zero-order chi connectivity index (χ0) is 12.1. The molecule has 0 atom stereocenters. The van der Waals surface area contributed by atoms with Crippen molar-refractivity contribution in [2.75, 3.05) is 7.11 Å². The van der Waals surface area contributed by atoms with Crippen molar-refractivity contribution in [1.29, 1.82) is 0 Å². The molecule has 4 nitrogen and oxygen atoms in total.